The summed E-state index contributed by atoms with van der Waals surface area (Å²) in [5, 5.41) is 18.7. The maximum Gasteiger partial charge on any atom is 0.372 e. The predicted octanol–water partition coefficient (Wildman–Crippen LogP) is 4.97. The molecule has 1 amide bonds. The van der Waals surface area contributed by atoms with Gasteiger partial charge in [-0.2, -0.15) is 5.26 Å². The highest BCUT2D eigenvalue weighted by molar-refractivity contribution is 7.84. The zero-order chi connectivity index (χ0) is 31.2. The van der Waals surface area contributed by atoms with Crippen LogP contribution in [0.15, 0.2) is 90.2 Å². The molecule has 3 aromatic carbocycles. The highest BCUT2D eigenvalue weighted by atomic mass is 35.5. The van der Waals surface area contributed by atoms with Crippen molar-refractivity contribution in [3.05, 3.63) is 101 Å². The molecule has 1 aliphatic heterocycles. The molecule has 0 bridgehead atoms. The fraction of sp³-hybridized carbons (Fsp3) is 0.161. The molecule has 2 N–H and O–H groups in total. The van der Waals surface area contributed by atoms with Crippen molar-refractivity contribution in [3.63, 3.8) is 0 Å². The zero-order valence-corrected chi connectivity index (χ0v) is 25.0. The molecule has 0 aliphatic carbocycles. The summed E-state index contributed by atoms with van der Waals surface area (Å²) in [5.74, 6) is -0.268. The number of nitrogens with zero attached hydrogens (tertiary/aromatic N) is 4. The third-order valence-corrected chi connectivity index (χ3v) is 8.00. The number of aromatic hydroxyl groups is 1. The maximum atomic E-state index is 13.0. The number of carbonyl (C=O) groups is 2. The van der Waals surface area contributed by atoms with E-state index in [-0.39, 0.29) is 17.2 Å². The molecular weight excluding hydrogens is 608 g/mol. The highest BCUT2D eigenvalue weighted by Crippen LogP contribution is 2.28. The van der Waals surface area contributed by atoms with Gasteiger partial charge in [-0.1, -0.05) is 35.9 Å². The van der Waals surface area contributed by atoms with E-state index in [0.29, 0.717) is 47.7 Å². The van der Waals surface area contributed by atoms with E-state index in [9.17, 15) is 18.9 Å². The van der Waals surface area contributed by atoms with Gasteiger partial charge in [-0.05, 0) is 48.0 Å². The van der Waals surface area contributed by atoms with Gasteiger partial charge in [0.2, 0.25) is 5.95 Å². The number of fused-ring (bicyclic) bond motifs is 1. The number of halogens is 1. The van der Waals surface area contributed by atoms with Crippen molar-refractivity contribution in [3.8, 4) is 22.8 Å². The first-order chi connectivity index (χ1) is 21.2. The number of carbonyl (C=O) groups excluding carboxylic acids is 2. The van der Waals surface area contributed by atoms with Gasteiger partial charge in [-0.25, -0.2) is 14.8 Å². The molecule has 44 heavy (non-hydrogen) atoms. The van der Waals surface area contributed by atoms with Gasteiger partial charge in [-0.15, -0.1) is 0 Å². The van der Waals surface area contributed by atoms with Crippen LogP contribution in [0.5, 0.6) is 5.75 Å². The molecule has 0 radical (unpaired) electrons. The molecule has 1 atom stereocenters. The normalized spacial score (nSPS) is 13.6. The Morgan fingerprint density at radius 3 is 2.30 bits per heavy atom. The lowest BCUT2D eigenvalue weighted by Gasteiger charge is -2.26. The quantitative estimate of drug-likeness (QED) is 0.202. The van der Waals surface area contributed by atoms with Gasteiger partial charge in [0.15, 0.2) is 0 Å². The van der Waals surface area contributed by atoms with Crippen LogP contribution in [0.2, 0.25) is 5.02 Å². The third kappa shape index (κ3) is 6.95. The molecule has 0 saturated carbocycles. The van der Waals surface area contributed by atoms with Crippen LogP contribution >= 0.6 is 11.6 Å². The second kappa shape index (κ2) is 13.8. The summed E-state index contributed by atoms with van der Waals surface area (Å²) < 4.78 is 19.5. The van der Waals surface area contributed by atoms with Crippen molar-refractivity contribution in [2.45, 2.75) is 4.90 Å². The molecule has 0 spiro atoms. The Morgan fingerprint density at radius 1 is 0.955 bits per heavy atom. The van der Waals surface area contributed by atoms with Crippen LogP contribution in [0.1, 0.15) is 20.7 Å². The monoisotopic (exact) mass is 634 g/mol. The first-order valence-corrected chi connectivity index (χ1v) is 15.3. The summed E-state index contributed by atoms with van der Waals surface area (Å²) in [6.07, 6.45) is 6.79. The SMILES string of the molecule is CS(=O)c1cn(-c2ncc(-c3ccc(O)cc3)cn2)c2cc(C(=O)N3CCOCC3)ccc12.O=C(OO)c1cccc(Cl)c1. The van der Waals surface area contributed by atoms with Gasteiger partial charge in [0.25, 0.3) is 5.91 Å². The molecule has 2 aromatic heterocycles. The Bertz CT molecular complexity index is 1820. The van der Waals surface area contributed by atoms with Crippen molar-refractivity contribution in [1.29, 1.82) is 0 Å². The van der Waals surface area contributed by atoms with Crippen molar-refractivity contribution in [2.24, 2.45) is 0 Å². The molecule has 13 heteroatoms. The summed E-state index contributed by atoms with van der Waals surface area (Å²) in [5.41, 5.74) is 3.18. The molecular formula is C31H27ClN4O7S. The highest BCUT2D eigenvalue weighted by Gasteiger charge is 2.21. The Balaban J connectivity index is 0.000000296. The lowest BCUT2D eigenvalue weighted by Crippen LogP contribution is -2.40. The smallest absolute Gasteiger partial charge is 0.372 e. The molecule has 6 rings (SSSR count). The summed E-state index contributed by atoms with van der Waals surface area (Å²) in [6.45, 7) is 2.18. The minimum absolute atomic E-state index is 0.0595. The van der Waals surface area contributed by atoms with E-state index in [2.05, 4.69) is 14.9 Å². The minimum Gasteiger partial charge on any atom is -0.508 e. The second-order valence-electron chi connectivity index (χ2n) is 9.66. The molecule has 3 heterocycles. The molecule has 5 aromatic rings. The van der Waals surface area contributed by atoms with Crippen LogP contribution in [0.4, 0.5) is 0 Å². The van der Waals surface area contributed by atoms with Gasteiger partial charge >= 0.3 is 5.97 Å². The maximum absolute atomic E-state index is 13.0. The molecule has 1 unspecified atom stereocenters. The van der Waals surface area contributed by atoms with Crippen LogP contribution < -0.4 is 0 Å². The first kappa shape index (κ1) is 30.8. The Labute approximate surface area is 259 Å². The van der Waals surface area contributed by atoms with Gasteiger partial charge in [0, 0.05) is 59.5 Å². The molecule has 1 fully saturated rings. The summed E-state index contributed by atoms with van der Waals surface area (Å²) in [7, 11) is -1.23. The Hall–Kier alpha value is -4.62. The van der Waals surface area contributed by atoms with Crippen LogP contribution in [-0.4, -0.2) is 78.4 Å². The number of hydrogen-bond acceptors (Lipinski definition) is 9. The number of amides is 1. The van der Waals surface area contributed by atoms with Crippen molar-refractivity contribution in [2.75, 3.05) is 32.6 Å². The fourth-order valence-electron chi connectivity index (χ4n) is 4.59. The second-order valence-corrected chi connectivity index (χ2v) is 11.4. The van der Waals surface area contributed by atoms with Crippen molar-refractivity contribution >= 4 is 45.2 Å². The number of rotatable bonds is 5. The number of phenols is 1. The average molecular weight is 635 g/mol. The van der Waals surface area contributed by atoms with Gasteiger partial charge < -0.3 is 14.7 Å². The zero-order valence-electron chi connectivity index (χ0n) is 23.4. The summed E-state index contributed by atoms with van der Waals surface area (Å²) in [6, 6.07) is 18.3. The van der Waals surface area contributed by atoms with Gasteiger partial charge in [0.05, 0.1) is 40.0 Å². The minimum atomic E-state index is -1.23. The van der Waals surface area contributed by atoms with Crippen molar-refractivity contribution < 1.29 is 33.8 Å². The van der Waals surface area contributed by atoms with Crippen LogP contribution in [0, 0.1) is 0 Å². The van der Waals surface area contributed by atoms with Gasteiger partial charge in [0.1, 0.15) is 5.75 Å². The van der Waals surface area contributed by atoms with E-state index < -0.39 is 16.8 Å². The molecule has 1 aliphatic rings. The number of aromatic nitrogens is 3. The van der Waals surface area contributed by atoms with Crippen LogP contribution in [0.25, 0.3) is 28.0 Å². The topological polar surface area (TPSA) is 144 Å². The first-order valence-electron chi connectivity index (χ1n) is 13.3. The predicted molar refractivity (Wildman–Crippen MR) is 165 cm³/mol. The largest absolute Gasteiger partial charge is 0.508 e. The van der Waals surface area contributed by atoms with E-state index in [1.165, 1.54) is 12.1 Å². The summed E-state index contributed by atoms with van der Waals surface area (Å²) >= 11 is 5.56. The average Bonchev–Trinajstić information content (AvgIpc) is 3.44. The van der Waals surface area contributed by atoms with Crippen molar-refractivity contribution in [1.82, 2.24) is 19.4 Å². The standard InChI is InChI=1S/C24H22N4O4S.C7H5ClO3/c1-33(31)22-15-28(24-25-13-18(14-26-24)16-2-5-19(29)6-3-16)21-12-17(4-7-20(21)22)23(30)27-8-10-32-11-9-27;8-6-3-1-2-5(4-6)7(9)11-10/h2-7,12-15,29H,8-11H2,1H3;1-4,10H. The number of phenolic OH excluding ortho intramolecular Hbond substituents is 1. The van der Waals surface area contributed by atoms with E-state index in [1.54, 1.807) is 82.8 Å². The van der Waals surface area contributed by atoms with Gasteiger partial charge in [-0.3, -0.25) is 18.5 Å². The molecule has 226 valence electrons. The van der Waals surface area contributed by atoms with E-state index in [0.717, 1.165) is 22.0 Å². The van der Waals surface area contributed by atoms with E-state index in [1.807, 2.05) is 6.07 Å². The fourth-order valence-corrected chi connectivity index (χ4v) is 5.52. The van der Waals surface area contributed by atoms with E-state index in [4.69, 9.17) is 21.6 Å². The number of ether oxygens (including phenoxy) is 1. The summed E-state index contributed by atoms with van der Waals surface area (Å²) in [4.78, 5) is 38.6. The third-order valence-electron chi connectivity index (χ3n) is 6.82. The number of morpholine rings is 1. The Kier molecular flexibility index (Phi) is 9.65. The molecule has 11 nitrogen and oxygen atoms in total. The van der Waals surface area contributed by atoms with E-state index >= 15 is 0 Å². The Morgan fingerprint density at radius 2 is 1.66 bits per heavy atom. The van der Waals surface area contributed by atoms with Crippen LogP contribution in [0.3, 0.4) is 0 Å². The molecule has 1 saturated heterocycles. The lowest BCUT2D eigenvalue weighted by molar-refractivity contribution is -0.182. The lowest BCUT2D eigenvalue weighted by atomic mass is 10.1. The van der Waals surface area contributed by atoms with Crippen LogP contribution in [-0.2, 0) is 20.4 Å². The number of benzene rings is 3. The number of hydrogen-bond donors (Lipinski definition) is 2.